The molecule has 0 aliphatic heterocycles. The molecule has 6 aromatic carbocycles. The standard InChI is InChI=1S/C38H25N3/c1-24-13-14-26-16-17-27-19-20-33(39-36(27)32(26)21-24)29-9-6-10-30(23-29)37-38(41-35-12-5-4-11-34(35)40-37)31-18-15-25-7-2-3-8-28(25)22-31/h2-23H,1H3/i1D3. The highest BCUT2D eigenvalue weighted by molar-refractivity contribution is 6.06. The smallest absolute Gasteiger partial charge is 0.0973 e. The summed E-state index contributed by atoms with van der Waals surface area (Å²) in [6.07, 6.45) is 0. The van der Waals surface area contributed by atoms with Gasteiger partial charge in [-0.1, -0.05) is 103 Å². The molecular weight excluding hydrogens is 498 g/mol. The number of pyridine rings is 1. The quantitative estimate of drug-likeness (QED) is 0.215. The van der Waals surface area contributed by atoms with Crippen molar-refractivity contribution in [1.29, 1.82) is 0 Å². The molecule has 0 bridgehead atoms. The van der Waals surface area contributed by atoms with Gasteiger partial charge in [0.2, 0.25) is 0 Å². The number of hydrogen-bond donors (Lipinski definition) is 0. The Morgan fingerprint density at radius 3 is 1.95 bits per heavy atom. The molecule has 2 aromatic heterocycles. The molecule has 0 aliphatic carbocycles. The Morgan fingerprint density at radius 2 is 1.12 bits per heavy atom. The van der Waals surface area contributed by atoms with Gasteiger partial charge in [-0.15, -0.1) is 0 Å². The largest absolute Gasteiger partial charge is 0.247 e. The monoisotopic (exact) mass is 526 g/mol. The highest BCUT2D eigenvalue weighted by Crippen LogP contribution is 2.35. The fraction of sp³-hybridized carbons (Fsp3) is 0.0263. The van der Waals surface area contributed by atoms with Gasteiger partial charge in [-0.2, -0.15) is 0 Å². The van der Waals surface area contributed by atoms with Crippen molar-refractivity contribution in [3.05, 3.63) is 139 Å². The molecular formula is C38H25N3. The Morgan fingerprint density at radius 1 is 0.463 bits per heavy atom. The topological polar surface area (TPSA) is 38.7 Å². The average molecular weight is 527 g/mol. The molecule has 0 spiro atoms. The maximum Gasteiger partial charge on any atom is 0.0973 e. The normalized spacial score (nSPS) is 12.9. The molecule has 8 aromatic rings. The molecule has 0 aliphatic rings. The van der Waals surface area contributed by atoms with E-state index in [2.05, 4.69) is 42.5 Å². The zero-order chi connectivity index (χ0) is 29.8. The van der Waals surface area contributed by atoms with E-state index in [4.69, 9.17) is 19.1 Å². The molecule has 192 valence electrons. The van der Waals surface area contributed by atoms with Crippen LogP contribution in [-0.2, 0) is 0 Å². The van der Waals surface area contributed by atoms with E-state index in [1.165, 1.54) is 5.39 Å². The summed E-state index contributed by atoms with van der Waals surface area (Å²) in [7, 11) is 0. The molecule has 0 radical (unpaired) electrons. The summed E-state index contributed by atoms with van der Waals surface area (Å²) in [4.78, 5) is 15.3. The average Bonchev–Trinajstić information content (AvgIpc) is 3.06. The minimum atomic E-state index is -2.19. The van der Waals surface area contributed by atoms with E-state index < -0.39 is 6.85 Å². The summed E-state index contributed by atoms with van der Waals surface area (Å²) in [6, 6.07) is 44.3. The zero-order valence-electron chi connectivity index (χ0n) is 25.0. The van der Waals surface area contributed by atoms with Crippen LogP contribution in [0.15, 0.2) is 133 Å². The summed E-state index contributed by atoms with van der Waals surface area (Å²) in [5.41, 5.74) is 8.06. The predicted octanol–water partition coefficient (Wildman–Crippen LogP) is 9.79. The van der Waals surface area contributed by atoms with Crippen LogP contribution in [0.2, 0.25) is 0 Å². The van der Waals surface area contributed by atoms with Gasteiger partial charge in [0.15, 0.2) is 0 Å². The summed E-state index contributed by atoms with van der Waals surface area (Å²) in [5.74, 6) is 0. The minimum absolute atomic E-state index is 0.308. The maximum atomic E-state index is 7.91. The Labute approximate surface area is 242 Å². The van der Waals surface area contributed by atoms with Crippen molar-refractivity contribution < 1.29 is 4.11 Å². The number of aryl methyl sites for hydroxylation is 1. The number of fused-ring (bicyclic) bond motifs is 5. The third-order valence-electron chi connectivity index (χ3n) is 7.70. The number of hydrogen-bond acceptors (Lipinski definition) is 3. The van der Waals surface area contributed by atoms with Crippen molar-refractivity contribution in [2.75, 3.05) is 0 Å². The van der Waals surface area contributed by atoms with Gasteiger partial charge in [-0.3, -0.25) is 0 Å². The van der Waals surface area contributed by atoms with Crippen LogP contribution in [0.5, 0.6) is 0 Å². The number of rotatable bonds is 3. The second-order valence-corrected chi connectivity index (χ2v) is 10.3. The second-order valence-electron chi connectivity index (χ2n) is 10.3. The number of aromatic nitrogens is 3. The first-order valence-corrected chi connectivity index (χ1v) is 13.6. The van der Waals surface area contributed by atoms with Gasteiger partial charge < -0.3 is 0 Å². The first-order chi connectivity index (χ1) is 21.4. The van der Waals surface area contributed by atoms with Crippen molar-refractivity contribution in [1.82, 2.24) is 15.0 Å². The number of benzene rings is 6. The van der Waals surface area contributed by atoms with E-state index in [1.54, 1.807) is 12.1 Å². The second kappa shape index (κ2) is 9.35. The van der Waals surface area contributed by atoms with Crippen LogP contribution in [0.1, 0.15) is 9.68 Å². The van der Waals surface area contributed by atoms with Gasteiger partial charge in [0.25, 0.3) is 0 Å². The molecule has 0 saturated heterocycles. The van der Waals surface area contributed by atoms with Gasteiger partial charge in [0, 0.05) is 31.6 Å². The molecule has 3 heteroatoms. The molecule has 0 amide bonds. The molecule has 0 N–H and O–H groups in total. The minimum Gasteiger partial charge on any atom is -0.247 e. The van der Waals surface area contributed by atoms with Crippen molar-refractivity contribution in [3.8, 4) is 33.8 Å². The van der Waals surface area contributed by atoms with Gasteiger partial charge >= 0.3 is 0 Å². The van der Waals surface area contributed by atoms with Crippen LogP contribution >= 0.6 is 0 Å². The lowest BCUT2D eigenvalue weighted by atomic mass is 9.98. The Bertz CT molecular complexity index is 2400. The lowest BCUT2D eigenvalue weighted by Gasteiger charge is -2.13. The number of nitrogens with zero attached hydrogens (tertiary/aromatic N) is 3. The first-order valence-electron chi connectivity index (χ1n) is 15.1. The SMILES string of the molecule is [2H]C([2H])([2H])c1ccc2ccc3ccc(-c4cccc(-c5nc6ccccc6nc5-c5ccc6ccccc6c5)c4)nc3c2c1. The molecule has 0 fully saturated rings. The summed E-state index contributed by atoms with van der Waals surface area (Å²) in [5, 5.41) is 5.06. The van der Waals surface area contributed by atoms with Crippen LogP contribution < -0.4 is 0 Å². The predicted molar refractivity (Wildman–Crippen MR) is 171 cm³/mol. The fourth-order valence-electron chi connectivity index (χ4n) is 5.63. The Hall–Kier alpha value is -5.41. The van der Waals surface area contributed by atoms with E-state index in [0.29, 0.717) is 5.56 Å². The molecule has 0 unspecified atom stereocenters. The molecule has 0 atom stereocenters. The van der Waals surface area contributed by atoms with E-state index in [1.807, 2.05) is 78.9 Å². The van der Waals surface area contributed by atoms with Crippen LogP contribution in [0.3, 0.4) is 0 Å². The van der Waals surface area contributed by atoms with Crippen LogP contribution in [0.4, 0.5) is 0 Å². The Balaban J connectivity index is 1.30. The lowest BCUT2D eigenvalue weighted by Crippen LogP contribution is -1.96. The fourth-order valence-corrected chi connectivity index (χ4v) is 5.63. The van der Waals surface area contributed by atoms with Gasteiger partial charge in [0.05, 0.1) is 33.6 Å². The molecule has 3 nitrogen and oxygen atoms in total. The molecule has 0 saturated carbocycles. The van der Waals surface area contributed by atoms with Crippen LogP contribution in [0, 0.1) is 6.85 Å². The van der Waals surface area contributed by atoms with Gasteiger partial charge in [0.1, 0.15) is 0 Å². The van der Waals surface area contributed by atoms with Gasteiger partial charge in [-0.25, -0.2) is 15.0 Å². The third-order valence-corrected chi connectivity index (χ3v) is 7.70. The summed E-state index contributed by atoms with van der Waals surface area (Å²) in [6.45, 7) is -2.19. The lowest BCUT2D eigenvalue weighted by molar-refractivity contribution is 1.29. The van der Waals surface area contributed by atoms with E-state index in [0.717, 1.165) is 71.9 Å². The van der Waals surface area contributed by atoms with Gasteiger partial charge in [-0.05, 0) is 59.4 Å². The highest BCUT2D eigenvalue weighted by atomic mass is 14.8. The van der Waals surface area contributed by atoms with Crippen molar-refractivity contribution >= 4 is 43.5 Å². The molecule has 2 heterocycles. The first kappa shape index (κ1) is 20.5. The third kappa shape index (κ3) is 4.11. The zero-order valence-corrected chi connectivity index (χ0v) is 22.0. The number of para-hydroxylation sites is 2. The highest BCUT2D eigenvalue weighted by Gasteiger charge is 2.15. The van der Waals surface area contributed by atoms with Crippen molar-refractivity contribution in [2.45, 2.75) is 6.85 Å². The van der Waals surface area contributed by atoms with Crippen molar-refractivity contribution in [3.63, 3.8) is 0 Å². The summed E-state index contributed by atoms with van der Waals surface area (Å²) >= 11 is 0. The molecule has 8 rings (SSSR count). The van der Waals surface area contributed by atoms with E-state index in [9.17, 15) is 0 Å². The summed E-state index contributed by atoms with van der Waals surface area (Å²) < 4.78 is 23.7. The van der Waals surface area contributed by atoms with Crippen LogP contribution in [-0.4, -0.2) is 15.0 Å². The maximum absolute atomic E-state index is 7.91. The molecule has 41 heavy (non-hydrogen) atoms. The van der Waals surface area contributed by atoms with Crippen molar-refractivity contribution in [2.24, 2.45) is 0 Å². The van der Waals surface area contributed by atoms with E-state index >= 15 is 0 Å². The van der Waals surface area contributed by atoms with Crippen LogP contribution in [0.25, 0.3) is 77.3 Å². The van der Waals surface area contributed by atoms with E-state index in [-0.39, 0.29) is 0 Å². The Kier molecular flexibility index (Phi) is 4.67.